The minimum atomic E-state index is -0.704. The first-order chi connectivity index (χ1) is 12.9. The molecule has 0 aromatic heterocycles. The van der Waals surface area contributed by atoms with Crippen molar-refractivity contribution in [1.29, 1.82) is 0 Å². The number of benzene rings is 2. The number of esters is 1. The number of ether oxygens (including phenoxy) is 1. The predicted molar refractivity (Wildman–Crippen MR) is 104 cm³/mol. The lowest BCUT2D eigenvalue weighted by Gasteiger charge is -2.13. The van der Waals surface area contributed by atoms with Gasteiger partial charge in [-0.1, -0.05) is 43.6 Å². The van der Waals surface area contributed by atoms with Gasteiger partial charge >= 0.3 is 5.97 Å². The van der Waals surface area contributed by atoms with Crippen molar-refractivity contribution >= 4 is 35.1 Å². The Morgan fingerprint density at radius 1 is 1.04 bits per heavy atom. The maximum Gasteiger partial charge on any atom is 0.325 e. The van der Waals surface area contributed by atoms with E-state index in [4.69, 9.17) is 16.3 Å². The third-order valence-electron chi connectivity index (χ3n) is 3.72. The van der Waals surface area contributed by atoms with E-state index < -0.39 is 24.4 Å². The molecular formula is C20H21ClN2O4. The van der Waals surface area contributed by atoms with Gasteiger partial charge in [0.2, 0.25) is 0 Å². The summed E-state index contributed by atoms with van der Waals surface area (Å²) in [6.45, 7) is 3.28. The van der Waals surface area contributed by atoms with Gasteiger partial charge in [-0.15, -0.1) is 0 Å². The van der Waals surface area contributed by atoms with Gasteiger partial charge in [0.25, 0.3) is 11.8 Å². The van der Waals surface area contributed by atoms with Crippen molar-refractivity contribution < 1.29 is 19.1 Å². The molecule has 0 spiro atoms. The first-order valence-corrected chi connectivity index (χ1v) is 8.82. The van der Waals surface area contributed by atoms with E-state index in [0.717, 1.165) is 5.56 Å². The number of anilines is 1. The van der Waals surface area contributed by atoms with Gasteiger partial charge in [-0.2, -0.15) is 0 Å². The molecule has 0 bridgehead atoms. The molecule has 7 heteroatoms. The molecule has 0 heterocycles. The minimum Gasteiger partial charge on any atom is -0.454 e. The van der Waals surface area contributed by atoms with Crippen molar-refractivity contribution in [2.75, 3.05) is 18.5 Å². The molecule has 2 N–H and O–H groups in total. The summed E-state index contributed by atoms with van der Waals surface area (Å²) in [6, 6.07) is 13.7. The van der Waals surface area contributed by atoms with Gasteiger partial charge in [0.15, 0.2) is 6.61 Å². The molecule has 6 nitrogen and oxygen atoms in total. The molecule has 27 heavy (non-hydrogen) atoms. The smallest absolute Gasteiger partial charge is 0.325 e. The highest BCUT2D eigenvalue weighted by molar-refractivity contribution is 6.30. The molecule has 0 atom stereocenters. The lowest BCUT2D eigenvalue weighted by molar-refractivity contribution is -0.146. The second-order valence-electron chi connectivity index (χ2n) is 6.14. The zero-order valence-electron chi connectivity index (χ0n) is 15.1. The lowest BCUT2D eigenvalue weighted by atomic mass is 10.0. The third-order valence-corrected chi connectivity index (χ3v) is 3.97. The fourth-order valence-corrected chi connectivity index (χ4v) is 2.48. The van der Waals surface area contributed by atoms with E-state index in [9.17, 15) is 14.4 Å². The number of hydrogen-bond acceptors (Lipinski definition) is 4. The van der Waals surface area contributed by atoms with E-state index in [1.807, 2.05) is 32.0 Å². The standard InChI is InChI=1S/C20H21ClN2O4/c1-13(2)16-5-3-4-6-17(16)23-18(24)12-27-19(25)11-22-20(26)14-7-9-15(21)10-8-14/h3-10,13H,11-12H2,1-2H3,(H,22,26)(H,23,24). The highest BCUT2D eigenvalue weighted by atomic mass is 35.5. The Balaban J connectivity index is 1.77. The van der Waals surface area contributed by atoms with E-state index in [2.05, 4.69) is 10.6 Å². The number of rotatable bonds is 7. The number of amides is 2. The Bertz CT molecular complexity index is 819. The highest BCUT2D eigenvalue weighted by Gasteiger charge is 2.13. The van der Waals surface area contributed by atoms with Gasteiger partial charge < -0.3 is 15.4 Å². The molecule has 142 valence electrons. The van der Waals surface area contributed by atoms with Crippen LogP contribution in [0.4, 0.5) is 5.69 Å². The summed E-state index contributed by atoms with van der Waals surface area (Å²) in [7, 11) is 0. The van der Waals surface area contributed by atoms with E-state index in [1.54, 1.807) is 30.3 Å². The van der Waals surface area contributed by atoms with Crippen LogP contribution in [0.25, 0.3) is 0 Å². The topological polar surface area (TPSA) is 84.5 Å². The summed E-state index contributed by atoms with van der Waals surface area (Å²) < 4.78 is 4.89. The normalized spacial score (nSPS) is 10.4. The van der Waals surface area contributed by atoms with Crippen LogP contribution in [0.2, 0.25) is 5.02 Å². The van der Waals surface area contributed by atoms with Gasteiger partial charge in [0, 0.05) is 16.3 Å². The van der Waals surface area contributed by atoms with Crippen LogP contribution in [-0.4, -0.2) is 30.9 Å². The van der Waals surface area contributed by atoms with Crippen molar-refractivity contribution in [3.63, 3.8) is 0 Å². The van der Waals surface area contributed by atoms with Gasteiger partial charge in [-0.05, 0) is 41.8 Å². The molecule has 0 radical (unpaired) electrons. The summed E-state index contributed by atoms with van der Waals surface area (Å²) in [4.78, 5) is 35.6. The Labute approximate surface area is 162 Å². The highest BCUT2D eigenvalue weighted by Crippen LogP contribution is 2.23. The van der Waals surface area contributed by atoms with Crippen molar-refractivity contribution in [2.24, 2.45) is 0 Å². The van der Waals surface area contributed by atoms with Crippen LogP contribution in [0.5, 0.6) is 0 Å². The lowest BCUT2D eigenvalue weighted by Crippen LogP contribution is -2.32. The van der Waals surface area contributed by atoms with E-state index in [1.165, 1.54) is 0 Å². The SMILES string of the molecule is CC(C)c1ccccc1NC(=O)COC(=O)CNC(=O)c1ccc(Cl)cc1. The number of carbonyl (C=O) groups is 3. The first-order valence-electron chi connectivity index (χ1n) is 8.45. The second-order valence-corrected chi connectivity index (χ2v) is 6.58. The van der Waals surface area contributed by atoms with E-state index in [0.29, 0.717) is 16.3 Å². The third kappa shape index (κ3) is 6.42. The molecule has 0 aliphatic rings. The zero-order chi connectivity index (χ0) is 19.8. The fraction of sp³-hybridized carbons (Fsp3) is 0.250. The largest absolute Gasteiger partial charge is 0.454 e. The molecule has 2 rings (SSSR count). The molecule has 0 saturated carbocycles. The van der Waals surface area contributed by atoms with Crippen molar-refractivity contribution in [3.05, 3.63) is 64.7 Å². The summed E-state index contributed by atoms with van der Waals surface area (Å²) in [6.07, 6.45) is 0. The summed E-state index contributed by atoms with van der Waals surface area (Å²) in [5.74, 6) is -1.34. The number of halogens is 1. The Hall–Kier alpha value is -2.86. The van der Waals surface area contributed by atoms with Crippen molar-refractivity contribution in [1.82, 2.24) is 5.32 Å². The van der Waals surface area contributed by atoms with Crippen LogP contribution in [0, 0.1) is 0 Å². The summed E-state index contributed by atoms with van der Waals surface area (Å²) >= 11 is 5.76. The first kappa shape index (κ1) is 20.5. The zero-order valence-corrected chi connectivity index (χ0v) is 15.9. The molecule has 2 aromatic rings. The van der Waals surface area contributed by atoms with Gasteiger partial charge in [-0.25, -0.2) is 0 Å². The maximum atomic E-state index is 12.0. The van der Waals surface area contributed by atoms with Crippen LogP contribution >= 0.6 is 11.6 Å². The number of carbonyl (C=O) groups excluding carboxylic acids is 3. The number of hydrogen-bond donors (Lipinski definition) is 2. The van der Waals surface area contributed by atoms with Gasteiger partial charge in [-0.3, -0.25) is 14.4 Å². The molecule has 0 aliphatic heterocycles. The van der Waals surface area contributed by atoms with Crippen molar-refractivity contribution in [2.45, 2.75) is 19.8 Å². The average molecular weight is 389 g/mol. The Morgan fingerprint density at radius 2 is 1.70 bits per heavy atom. The quantitative estimate of drug-likeness (QED) is 0.712. The van der Waals surface area contributed by atoms with Crippen LogP contribution in [0.15, 0.2) is 48.5 Å². The summed E-state index contributed by atoms with van der Waals surface area (Å²) in [5.41, 5.74) is 2.05. The van der Waals surface area contributed by atoms with Gasteiger partial charge in [0.05, 0.1) is 0 Å². The van der Waals surface area contributed by atoms with E-state index >= 15 is 0 Å². The molecule has 0 unspecified atom stereocenters. The molecule has 0 saturated heterocycles. The molecular weight excluding hydrogens is 368 g/mol. The molecule has 0 fully saturated rings. The van der Waals surface area contributed by atoms with Crippen LogP contribution in [-0.2, 0) is 14.3 Å². The van der Waals surface area contributed by atoms with Gasteiger partial charge in [0.1, 0.15) is 6.54 Å². The monoisotopic (exact) mass is 388 g/mol. The average Bonchev–Trinajstić information content (AvgIpc) is 2.65. The maximum absolute atomic E-state index is 12.0. The Morgan fingerprint density at radius 3 is 2.37 bits per heavy atom. The molecule has 0 aliphatic carbocycles. The fourth-order valence-electron chi connectivity index (χ4n) is 2.35. The Kier molecular flexibility index (Phi) is 7.37. The van der Waals surface area contributed by atoms with Crippen molar-refractivity contribution in [3.8, 4) is 0 Å². The minimum absolute atomic E-state index is 0.243. The molecule has 2 amide bonds. The molecule has 2 aromatic carbocycles. The number of nitrogens with one attached hydrogen (secondary N) is 2. The summed E-state index contributed by atoms with van der Waals surface area (Å²) in [5, 5.41) is 5.66. The predicted octanol–water partition coefficient (Wildman–Crippen LogP) is 3.38. The van der Waals surface area contributed by atoms with Crippen LogP contribution < -0.4 is 10.6 Å². The van der Waals surface area contributed by atoms with E-state index in [-0.39, 0.29) is 12.5 Å². The number of para-hydroxylation sites is 1. The van der Waals surface area contributed by atoms with Crippen LogP contribution in [0.1, 0.15) is 35.7 Å². The second kappa shape index (κ2) is 9.73. The van der Waals surface area contributed by atoms with Crippen LogP contribution in [0.3, 0.4) is 0 Å².